The summed E-state index contributed by atoms with van der Waals surface area (Å²) in [6.45, 7) is 11.1. The molecule has 0 spiro atoms. The summed E-state index contributed by atoms with van der Waals surface area (Å²) in [5, 5.41) is 2.90. The zero-order valence-corrected chi connectivity index (χ0v) is 13.8. The van der Waals surface area contributed by atoms with Crippen molar-refractivity contribution in [3.8, 4) is 0 Å². The fourth-order valence-electron chi connectivity index (χ4n) is 2.01. The molecular weight excluding hydrogens is 263 g/mol. The Labute approximate surface area is 122 Å². The van der Waals surface area contributed by atoms with Crippen molar-refractivity contribution in [3.63, 3.8) is 0 Å². The summed E-state index contributed by atoms with van der Waals surface area (Å²) >= 11 is 0. The van der Waals surface area contributed by atoms with E-state index >= 15 is 0 Å². The zero-order chi connectivity index (χ0) is 15.9. The quantitative estimate of drug-likeness (QED) is 0.532. The zero-order valence-electron chi connectivity index (χ0n) is 13.8. The summed E-state index contributed by atoms with van der Waals surface area (Å²) in [5.74, 6) is -1.52. The van der Waals surface area contributed by atoms with Gasteiger partial charge in [-0.3, -0.25) is 5.32 Å². The Morgan fingerprint density at radius 2 is 1.45 bits per heavy atom. The molecule has 0 amide bonds. The van der Waals surface area contributed by atoms with Gasteiger partial charge < -0.3 is 0 Å². The maximum absolute atomic E-state index is 13.9. The van der Waals surface area contributed by atoms with E-state index in [1.54, 1.807) is 0 Å². The maximum Gasteiger partial charge on any atom is 0.245 e. The van der Waals surface area contributed by atoms with Crippen molar-refractivity contribution in [3.05, 3.63) is 0 Å². The molecule has 0 aromatic carbocycles. The lowest BCUT2D eigenvalue weighted by molar-refractivity contribution is 0.00559. The van der Waals surface area contributed by atoms with E-state index in [-0.39, 0.29) is 18.4 Å². The number of rotatable bonds is 10. The Kier molecular flexibility index (Phi) is 8.80. The number of alkyl halides is 3. The summed E-state index contributed by atoms with van der Waals surface area (Å²) in [6.07, 6.45) is 0.560. The molecule has 20 heavy (non-hydrogen) atoms. The molecule has 0 fully saturated rings. The lowest BCUT2D eigenvalue weighted by Gasteiger charge is -2.25. The van der Waals surface area contributed by atoms with E-state index in [1.807, 2.05) is 13.8 Å². The van der Waals surface area contributed by atoms with Gasteiger partial charge in [-0.15, -0.1) is 0 Å². The van der Waals surface area contributed by atoms with Crippen molar-refractivity contribution >= 4 is 0 Å². The summed E-state index contributed by atoms with van der Waals surface area (Å²) in [6, 6.07) is -0.0818. The van der Waals surface area contributed by atoms with Gasteiger partial charge in [-0.2, -0.15) is 0 Å². The second-order valence-corrected chi connectivity index (χ2v) is 6.81. The Balaban J connectivity index is 3.96. The van der Waals surface area contributed by atoms with Crippen molar-refractivity contribution in [2.24, 2.45) is 17.8 Å². The first kappa shape index (κ1) is 19.8. The maximum atomic E-state index is 13.9. The normalized spacial score (nSPS) is 18.9. The molecule has 4 atom stereocenters. The second-order valence-electron chi connectivity index (χ2n) is 6.81. The molecule has 0 saturated carbocycles. The first-order valence-corrected chi connectivity index (χ1v) is 7.81. The lowest BCUT2D eigenvalue weighted by Crippen LogP contribution is -2.38. The average molecular weight is 295 g/mol. The van der Waals surface area contributed by atoms with E-state index in [4.69, 9.17) is 0 Å². The highest BCUT2D eigenvalue weighted by Gasteiger charge is 2.24. The van der Waals surface area contributed by atoms with E-state index < -0.39 is 12.2 Å². The van der Waals surface area contributed by atoms with Gasteiger partial charge in [-0.05, 0) is 50.9 Å². The van der Waals surface area contributed by atoms with Crippen LogP contribution in [0, 0.1) is 17.8 Å². The fourth-order valence-corrected chi connectivity index (χ4v) is 2.01. The second kappa shape index (κ2) is 8.91. The Hall–Kier alpha value is -0.250. The van der Waals surface area contributed by atoms with Crippen molar-refractivity contribution in [1.82, 2.24) is 5.32 Å². The van der Waals surface area contributed by atoms with Gasteiger partial charge in [0.25, 0.3) is 0 Å². The van der Waals surface area contributed by atoms with Crippen molar-refractivity contribution in [2.45, 2.75) is 85.5 Å². The first-order chi connectivity index (χ1) is 9.03. The minimum absolute atomic E-state index is 0.0431. The van der Waals surface area contributed by atoms with Crippen LogP contribution in [-0.2, 0) is 0 Å². The summed E-state index contributed by atoms with van der Waals surface area (Å²) in [4.78, 5) is 0. The largest absolute Gasteiger partial charge is 0.285 e. The SMILES string of the molecule is CC(CCC(C)(F)F)C(C)NC(F)CC[C@@H](C)C(C)C. The number of hydrogen-bond donors (Lipinski definition) is 1. The van der Waals surface area contributed by atoms with Crippen LogP contribution in [0.3, 0.4) is 0 Å². The molecule has 122 valence electrons. The van der Waals surface area contributed by atoms with E-state index in [1.165, 1.54) is 0 Å². The molecule has 0 aliphatic rings. The minimum Gasteiger partial charge on any atom is -0.285 e. The third-order valence-electron chi connectivity index (χ3n) is 4.35. The molecule has 0 saturated heterocycles. The molecule has 1 nitrogen and oxygen atoms in total. The van der Waals surface area contributed by atoms with Gasteiger partial charge in [0.15, 0.2) is 6.30 Å². The Morgan fingerprint density at radius 1 is 0.900 bits per heavy atom. The molecule has 0 aliphatic heterocycles. The third-order valence-corrected chi connectivity index (χ3v) is 4.35. The molecule has 0 heterocycles. The van der Waals surface area contributed by atoms with E-state index in [2.05, 4.69) is 26.1 Å². The van der Waals surface area contributed by atoms with Gasteiger partial charge in [-0.25, -0.2) is 13.2 Å². The van der Waals surface area contributed by atoms with Crippen LogP contribution in [0.15, 0.2) is 0 Å². The third kappa shape index (κ3) is 9.62. The van der Waals surface area contributed by atoms with Crippen LogP contribution < -0.4 is 5.32 Å². The molecule has 0 radical (unpaired) electrons. The molecule has 0 rings (SSSR count). The lowest BCUT2D eigenvalue weighted by atomic mass is 9.92. The first-order valence-electron chi connectivity index (χ1n) is 7.81. The summed E-state index contributed by atoms with van der Waals surface area (Å²) < 4.78 is 39.5. The number of halogens is 3. The molecule has 4 heteroatoms. The van der Waals surface area contributed by atoms with Crippen LogP contribution in [0.25, 0.3) is 0 Å². The van der Waals surface area contributed by atoms with Crippen LogP contribution in [-0.4, -0.2) is 18.3 Å². The smallest absolute Gasteiger partial charge is 0.245 e. The van der Waals surface area contributed by atoms with E-state index in [9.17, 15) is 13.2 Å². The molecule has 0 aromatic rings. The van der Waals surface area contributed by atoms with Crippen molar-refractivity contribution in [2.75, 3.05) is 0 Å². The van der Waals surface area contributed by atoms with Gasteiger partial charge in [0.05, 0.1) is 0 Å². The van der Waals surface area contributed by atoms with Crippen LogP contribution in [0.4, 0.5) is 13.2 Å². The summed E-state index contributed by atoms with van der Waals surface area (Å²) in [7, 11) is 0. The van der Waals surface area contributed by atoms with Crippen molar-refractivity contribution < 1.29 is 13.2 Å². The highest BCUT2D eigenvalue weighted by molar-refractivity contribution is 4.73. The average Bonchev–Trinajstić information content (AvgIpc) is 2.31. The summed E-state index contributed by atoms with van der Waals surface area (Å²) in [5.41, 5.74) is 0. The van der Waals surface area contributed by atoms with Crippen LogP contribution in [0.1, 0.15) is 67.2 Å². The molecule has 0 aromatic heterocycles. The van der Waals surface area contributed by atoms with Gasteiger partial charge in [-0.1, -0.05) is 27.7 Å². The fraction of sp³-hybridized carbons (Fsp3) is 1.00. The van der Waals surface area contributed by atoms with Crippen molar-refractivity contribution in [1.29, 1.82) is 0 Å². The number of nitrogens with one attached hydrogen (secondary N) is 1. The van der Waals surface area contributed by atoms with Gasteiger partial charge >= 0.3 is 0 Å². The van der Waals surface area contributed by atoms with Crippen LogP contribution in [0.5, 0.6) is 0 Å². The molecule has 3 unspecified atom stereocenters. The molecule has 0 aliphatic carbocycles. The molecule has 0 bridgehead atoms. The topological polar surface area (TPSA) is 12.0 Å². The highest BCUT2D eigenvalue weighted by atomic mass is 19.3. The minimum atomic E-state index is -2.63. The van der Waals surface area contributed by atoms with Crippen LogP contribution in [0.2, 0.25) is 0 Å². The van der Waals surface area contributed by atoms with Gasteiger partial charge in [0.2, 0.25) is 5.92 Å². The monoisotopic (exact) mass is 295 g/mol. The van der Waals surface area contributed by atoms with Gasteiger partial charge in [0, 0.05) is 12.5 Å². The predicted molar refractivity (Wildman–Crippen MR) is 79.7 cm³/mol. The van der Waals surface area contributed by atoms with Gasteiger partial charge in [0.1, 0.15) is 0 Å². The molecule has 1 N–H and O–H groups in total. The van der Waals surface area contributed by atoms with Crippen LogP contribution >= 0.6 is 0 Å². The predicted octanol–water partition coefficient (Wildman–Crippen LogP) is 5.40. The Bertz CT molecular complexity index is 251. The standard InChI is InChI=1S/C16H32F3N/c1-11(2)12(3)7-8-15(17)20-14(5)13(4)9-10-16(6,18)19/h11-15,20H,7-10H2,1-6H3/t12-,13?,14?,15?/m1/s1. The number of hydrogen-bond acceptors (Lipinski definition) is 1. The van der Waals surface area contributed by atoms with E-state index in [0.29, 0.717) is 24.7 Å². The highest BCUT2D eigenvalue weighted by Crippen LogP contribution is 2.24. The Morgan fingerprint density at radius 3 is 1.90 bits per heavy atom. The van der Waals surface area contributed by atoms with E-state index in [0.717, 1.165) is 13.3 Å². The molecular formula is C16H32F3N.